The summed E-state index contributed by atoms with van der Waals surface area (Å²) in [6.07, 6.45) is 1.57. The lowest BCUT2D eigenvalue weighted by Crippen LogP contribution is -2.52. The van der Waals surface area contributed by atoms with Crippen LogP contribution in [-0.4, -0.2) is 63.7 Å². The summed E-state index contributed by atoms with van der Waals surface area (Å²) in [7, 11) is 0. The number of imidazole rings is 1. The van der Waals surface area contributed by atoms with E-state index in [0.29, 0.717) is 31.9 Å². The van der Waals surface area contributed by atoms with Crippen molar-refractivity contribution in [3.05, 3.63) is 24.5 Å². The van der Waals surface area contributed by atoms with Gasteiger partial charge in [-0.3, -0.25) is 14.4 Å². The predicted molar refractivity (Wildman–Crippen MR) is 83.6 cm³/mol. The molecule has 0 saturated carbocycles. The second-order valence-electron chi connectivity index (χ2n) is 5.39. The number of H-pyrrole nitrogens is 1. The van der Waals surface area contributed by atoms with Gasteiger partial charge in [-0.05, 0) is 18.2 Å². The van der Waals surface area contributed by atoms with Crippen molar-refractivity contribution < 1.29 is 14.4 Å². The normalized spacial score (nSPS) is 14.8. The number of aromatic amines is 1. The molecule has 8 heteroatoms. The molecule has 0 atom stereocenters. The topological polar surface area (TPSA) is 98.4 Å². The summed E-state index contributed by atoms with van der Waals surface area (Å²) in [5.41, 5.74) is 2.10. The number of amides is 3. The Hall–Kier alpha value is -2.90. The van der Waals surface area contributed by atoms with Gasteiger partial charge in [0.15, 0.2) is 0 Å². The fraction of sp³-hybridized carbons (Fsp3) is 0.333. The highest BCUT2D eigenvalue weighted by atomic mass is 16.2. The number of hydrogen-bond donors (Lipinski definition) is 2. The van der Waals surface area contributed by atoms with Crippen molar-refractivity contribution in [1.82, 2.24) is 19.8 Å². The second-order valence-corrected chi connectivity index (χ2v) is 5.39. The number of fused-ring (bicyclic) bond motifs is 1. The minimum absolute atomic E-state index is 0.0191. The van der Waals surface area contributed by atoms with Gasteiger partial charge in [-0.2, -0.15) is 0 Å². The molecule has 120 valence electrons. The summed E-state index contributed by atoms with van der Waals surface area (Å²) < 4.78 is 0. The molecule has 1 aromatic carbocycles. The van der Waals surface area contributed by atoms with Gasteiger partial charge in [0, 0.05) is 38.8 Å². The third-order valence-corrected chi connectivity index (χ3v) is 3.88. The highest BCUT2D eigenvalue weighted by Crippen LogP contribution is 2.15. The standard InChI is InChI=1S/C15H17N5O3/c1-10(21)19-4-6-20(7-5-19)15(23)14(22)18-11-2-3-12-13(8-11)17-9-16-12/h2-3,8-9H,4-7H2,1H3,(H,16,17)(H,18,22). The third kappa shape index (κ3) is 3.15. The van der Waals surface area contributed by atoms with Crippen molar-refractivity contribution in [2.75, 3.05) is 31.5 Å². The maximum absolute atomic E-state index is 12.2. The van der Waals surface area contributed by atoms with Gasteiger partial charge in [0.05, 0.1) is 17.4 Å². The molecule has 1 saturated heterocycles. The lowest BCUT2D eigenvalue weighted by atomic mass is 10.2. The van der Waals surface area contributed by atoms with Gasteiger partial charge in [-0.15, -0.1) is 0 Å². The Bertz CT molecular complexity index is 761. The molecule has 0 unspecified atom stereocenters. The van der Waals surface area contributed by atoms with Crippen LogP contribution >= 0.6 is 0 Å². The molecule has 1 aromatic heterocycles. The maximum atomic E-state index is 12.2. The van der Waals surface area contributed by atoms with E-state index in [1.165, 1.54) is 11.8 Å². The highest BCUT2D eigenvalue weighted by Gasteiger charge is 2.26. The first-order chi connectivity index (χ1) is 11.0. The smallest absolute Gasteiger partial charge is 0.313 e. The van der Waals surface area contributed by atoms with Crippen molar-refractivity contribution in [3.8, 4) is 0 Å². The average molecular weight is 315 g/mol. The van der Waals surface area contributed by atoms with E-state index in [2.05, 4.69) is 15.3 Å². The molecule has 0 radical (unpaired) electrons. The van der Waals surface area contributed by atoms with E-state index in [1.54, 1.807) is 29.4 Å². The number of anilines is 1. The second kappa shape index (κ2) is 6.07. The van der Waals surface area contributed by atoms with Crippen LogP contribution in [0.1, 0.15) is 6.92 Å². The molecule has 0 aliphatic carbocycles. The van der Waals surface area contributed by atoms with E-state index in [-0.39, 0.29) is 5.91 Å². The monoisotopic (exact) mass is 315 g/mol. The van der Waals surface area contributed by atoms with Crippen LogP contribution in [0.25, 0.3) is 11.0 Å². The molecule has 1 fully saturated rings. The van der Waals surface area contributed by atoms with E-state index in [0.717, 1.165) is 11.0 Å². The summed E-state index contributed by atoms with van der Waals surface area (Å²) in [4.78, 5) is 45.7. The molecule has 23 heavy (non-hydrogen) atoms. The van der Waals surface area contributed by atoms with Crippen molar-refractivity contribution in [3.63, 3.8) is 0 Å². The minimum Gasteiger partial charge on any atom is -0.345 e. The van der Waals surface area contributed by atoms with E-state index >= 15 is 0 Å². The van der Waals surface area contributed by atoms with E-state index in [4.69, 9.17) is 0 Å². The van der Waals surface area contributed by atoms with Gasteiger partial charge >= 0.3 is 11.8 Å². The SMILES string of the molecule is CC(=O)N1CCN(C(=O)C(=O)Nc2ccc3nc[nH]c3c2)CC1. The molecule has 2 heterocycles. The summed E-state index contributed by atoms with van der Waals surface area (Å²) in [6, 6.07) is 5.18. The minimum atomic E-state index is -0.680. The lowest BCUT2D eigenvalue weighted by molar-refractivity contribution is -0.145. The number of hydrogen-bond acceptors (Lipinski definition) is 4. The van der Waals surface area contributed by atoms with Crippen LogP contribution in [-0.2, 0) is 14.4 Å². The summed E-state index contributed by atoms with van der Waals surface area (Å²) in [6.45, 7) is 3.13. The van der Waals surface area contributed by atoms with Crippen LogP contribution in [0.15, 0.2) is 24.5 Å². The quantitative estimate of drug-likeness (QED) is 0.734. The Morgan fingerprint density at radius 2 is 1.83 bits per heavy atom. The number of nitrogens with zero attached hydrogens (tertiary/aromatic N) is 3. The first-order valence-electron chi connectivity index (χ1n) is 7.33. The molecule has 3 rings (SSSR count). The molecule has 2 N–H and O–H groups in total. The zero-order valence-corrected chi connectivity index (χ0v) is 12.7. The zero-order valence-electron chi connectivity index (χ0n) is 12.7. The predicted octanol–water partition coefficient (Wildman–Crippen LogP) is 0.192. The van der Waals surface area contributed by atoms with Crippen molar-refractivity contribution >= 4 is 34.4 Å². The van der Waals surface area contributed by atoms with Gasteiger partial charge in [0.1, 0.15) is 0 Å². The molecule has 2 aromatic rings. The number of benzene rings is 1. The average Bonchev–Trinajstić information content (AvgIpc) is 3.01. The first-order valence-corrected chi connectivity index (χ1v) is 7.33. The fourth-order valence-corrected chi connectivity index (χ4v) is 2.57. The van der Waals surface area contributed by atoms with E-state index in [9.17, 15) is 14.4 Å². The van der Waals surface area contributed by atoms with Crippen LogP contribution in [0, 0.1) is 0 Å². The first kappa shape index (κ1) is 15.0. The van der Waals surface area contributed by atoms with Crippen LogP contribution in [0.2, 0.25) is 0 Å². The van der Waals surface area contributed by atoms with Gasteiger partial charge in [0.25, 0.3) is 0 Å². The lowest BCUT2D eigenvalue weighted by Gasteiger charge is -2.33. The van der Waals surface area contributed by atoms with E-state index in [1.807, 2.05) is 0 Å². The van der Waals surface area contributed by atoms with Crippen molar-refractivity contribution in [1.29, 1.82) is 0 Å². The van der Waals surface area contributed by atoms with Crippen molar-refractivity contribution in [2.24, 2.45) is 0 Å². The molecule has 0 bridgehead atoms. The number of rotatable bonds is 1. The number of aromatic nitrogens is 2. The Balaban J connectivity index is 1.61. The van der Waals surface area contributed by atoms with Gasteiger partial charge in [0.2, 0.25) is 5.91 Å². The van der Waals surface area contributed by atoms with Crippen LogP contribution in [0.3, 0.4) is 0 Å². The summed E-state index contributed by atoms with van der Waals surface area (Å²) in [5.74, 6) is -1.28. The van der Waals surface area contributed by atoms with E-state index < -0.39 is 11.8 Å². The molecule has 1 aliphatic rings. The fourth-order valence-electron chi connectivity index (χ4n) is 2.57. The maximum Gasteiger partial charge on any atom is 0.313 e. The van der Waals surface area contributed by atoms with Crippen molar-refractivity contribution in [2.45, 2.75) is 6.92 Å². The number of piperazine rings is 1. The highest BCUT2D eigenvalue weighted by molar-refractivity contribution is 6.39. The zero-order chi connectivity index (χ0) is 16.4. The van der Waals surface area contributed by atoms with Gasteiger partial charge in [-0.25, -0.2) is 4.98 Å². The number of nitrogens with one attached hydrogen (secondary N) is 2. The van der Waals surface area contributed by atoms with Gasteiger partial charge < -0.3 is 20.1 Å². The Kier molecular flexibility index (Phi) is 3.96. The molecular formula is C15H17N5O3. The van der Waals surface area contributed by atoms with Gasteiger partial charge in [-0.1, -0.05) is 0 Å². The molecule has 8 nitrogen and oxygen atoms in total. The van der Waals surface area contributed by atoms with Crippen LogP contribution < -0.4 is 5.32 Å². The largest absolute Gasteiger partial charge is 0.345 e. The Morgan fingerprint density at radius 1 is 1.13 bits per heavy atom. The number of carbonyl (C=O) groups is 3. The molecular weight excluding hydrogens is 298 g/mol. The summed E-state index contributed by atoms with van der Waals surface area (Å²) >= 11 is 0. The van der Waals surface area contributed by atoms with Crippen LogP contribution in [0.4, 0.5) is 5.69 Å². The molecule has 3 amide bonds. The Labute approximate surface area is 132 Å². The van der Waals surface area contributed by atoms with Crippen LogP contribution in [0.5, 0.6) is 0 Å². The third-order valence-electron chi connectivity index (χ3n) is 3.88. The number of carbonyl (C=O) groups excluding carboxylic acids is 3. The molecule has 0 spiro atoms. The molecule has 1 aliphatic heterocycles. The summed E-state index contributed by atoms with van der Waals surface area (Å²) in [5, 5.41) is 2.60. The Morgan fingerprint density at radius 3 is 2.52 bits per heavy atom.